The largest absolute Gasteiger partial charge is 0.478 e. The van der Waals surface area contributed by atoms with E-state index in [2.05, 4.69) is 0 Å². The Kier molecular flexibility index (Phi) is 6.36. The first kappa shape index (κ1) is 17.7. The highest BCUT2D eigenvalue weighted by molar-refractivity contribution is 7.91. The topological polar surface area (TPSA) is 80.7 Å². The van der Waals surface area contributed by atoms with Crippen molar-refractivity contribution in [3.05, 3.63) is 28.8 Å². The van der Waals surface area contributed by atoms with Crippen molar-refractivity contribution in [1.82, 2.24) is 0 Å². The molecule has 1 aromatic carbocycles. The lowest BCUT2D eigenvalue weighted by Crippen LogP contribution is -2.15. The molecule has 0 bridgehead atoms. The summed E-state index contributed by atoms with van der Waals surface area (Å²) in [4.78, 5) is 11.2. The average Bonchev–Trinajstić information content (AvgIpc) is 2.37. The molecule has 1 rings (SSSR count). The summed E-state index contributed by atoms with van der Waals surface area (Å²) in [6.45, 7) is 6.02. The molecule has 6 heteroatoms. The number of carboxylic acids is 1. The normalized spacial score (nSPS) is 11.6. The van der Waals surface area contributed by atoms with E-state index < -0.39 is 15.8 Å². The fourth-order valence-electron chi connectivity index (χ4n) is 2.02. The molecule has 0 saturated heterocycles. The third-order valence-electron chi connectivity index (χ3n) is 3.23. The zero-order valence-corrected chi connectivity index (χ0v) is 13.5. The first-order valence-electron chi connectivity index (χ1n) is 6.94. The van der Waals surface area contributed by atoms with Gasteiger partial charge in [-0.2, -0.15) is 0 Å². The van der Waals surface area contributed by atoms with Crippen LogP contribution in [0.2, 0.25) is 0 Å². The highest BCUT2D eigenvalue weighted by atomic mass is 32.2. The fraction of sp³-hybridized carbons (Fsp3) is 0.533. The minimum absolute atomic E-state index is 0.0195. The summed E-state index contributed by atoms with van der Waals surface area (Å²) in [5.41, 5.74) is 1.13. The van der Waals surface area contributed by atoms with Crippen molar-refractivity contribution in [3.8, 4) is 0 Å². The summed E-state index contributed by atoms with van der Waals surface area (Å²) in [6.07, 6.45) is 1.89. The van der Waals surface area contributed by atoms with Crippen LogP contribution in [0.25, 0.3) is 0 Å². The molecule has 0 aliphatic carbocycles. The predicted molar refractivity (Wildman–Crippen MR) is 80.7 cm³/mol. The van der Waals surface area contributed by atoms with Gasteiger partial charge in [-0.3, -0.25) is 0 Å². The van der Waals surface area contributed by atoms with Crippen LogP contribution in [-0.2, 0) is 14.6 Å². The average molecular weight is 314 g/mol. The van der Waals surface area contributed by atoms with Gasteiger partial charge in [0.15, 0.2) is 9.84 Å². The van der Waals surface area contributed by atoms with E-state index in [4.69, 9.17) is 9.84 Å². The molecule has 0 heterocycles. The van der Waals surface area contributed by atoms with Gasteiger partial charge in [-0.15, -0.1) is 0 Å². The smallest absolute Gasteiger partial charge is 0.335 e. The molecule has 1 N–H and O–H groups in total. The second-order valence-corrected chi connectivity index (χ2v) is 7.10. The van der Waals surface area contributed by atoms with E-state index in [1.165, 1.54) is 6.07 Å². The molecule has 0 fully saturated rings. The number of hydrogen-bond acceptors (Lipinski definition) is 4. The summed E-state index contributed by atoms with van der Waals surface area (Å²) in [7, 11) is -3.54. The van der Waals surface area contributed by atoms with Crippen LogP contribution >= 0.6 is 0 Å². The maximum atomic E-state index is 12.3. The Morgan fingerprint density at radius 1 is 1.19 bits per heavy atom. The maximum Gasteiger partial charge on any atom is 0.335 e. The zero-order chi connectivity index (χ0) is 16.0. The van der Waals surface area contributed by atoms with Crippen LogP contribution < -0.4 is 0 Å². The van der Waals surface area contributed by atoms with Gasteiger partial charge in [0.05, 0.1) is 22.8 Å². The van der Waals surface area contributed by atoms with Gasteiger partial charge < -0.3 is 9.84 Å². The standard InChI is InChI=1S/C15H22O5S/c1-4-5-6-20-7-8-21(18,19)14-10-13(15(16)17)11(2)9-12(14)3/h9-10H,4-8H2,1-3H3,(H,16,17). The monoisotopic (exact) mass is 314 g/mol. The van der Waals surface area contributed by atoms with E-state index in [0.29, 0.717) is 17.7 Å². The molecule has 0 amide bonds. The molecule has 0 aromatic heterocycles. The number of unbranched alkanes of at least 4 members (excludes halogenated alkanes) is 1. The molecular weight excluding hydrogens is 292 g/mol. The van der Waals surface area contributed by atoms with Crippen molar-refractivity contribution in [2.45, 2.75) is 38.5 Å². The van der Waals surface area contributed by atoms with Gasteiger partial charge in [0.1, 0.15) is 0 Å². The Hall–Kier alpha value is -1.40. The zero-order valence-electron chi connectivity index (χ0n) is 12.7. The molecular formula is C15H22O5S. The Balaban J connectivity index is 2.92. The van der Waals surface area contributed by atoms with Crippen molar-refractivity contribution in [3.63, 3.8) is 0 Å². The number of ether oxygens (including phenoxy) is 1. The Bertz CT molecular complexity index is 605. The van der Waals surface area contributed by atoms with Crippen molar-refractivity contribution in [1.29, 1.82) is 0 Å². The van der Waals surface area contributed by atoms with Crippen LogP contribution in [0, 0.1) is 13.8 Å². The second-order valence-electron chi connectivity index (χ2n) is 5.02. The molecule has 0 aliphatic heterocycles. The first-order chi connectivity index (χ1) is 9.79. The van der Waals surface area contributed by atoms with Crippen molar-refractivity contribution in [2.24, 2.45) is 0 Å². The van der Waals surface area contributed by atoms with Crippen molar-refractivity contribution < 1.29 is 23.1 Å². The molecule has 1 aromatic rings. The van der Waals surface area contributed by atoms with Crippen LogP contribution in [0.1, 0.15) is 41.3 Å². The van der Waals surface area contributed by atoms with Crippen LogP contribution in [-0.4, -0.2) is 38.5 Å². The summed E-state index contributed by atoms with van der Waals surface area (Å²) in [5.74, 6) is -1.26. The Labute approximate surface area is 125 Å². The highest BCUT2D eigenvalue weighted by Crippen LogP contribution is 2.22. The Morgan fingerprint density at radius 3 is 2.43 bits per heavy atom. The number of aryl methyl sites for hydroxylation is 2. The molecule has 0 aliphatic rings. The lowest BCUT2D eigenvalue weighted by atomic mass is 10.1. The van der Waals surface area contributed by atoms with Crippen molar-refractivity contribution in [2.75, 3.05) is 19.0 Å². The van der Waals surface area contributed by atoms with Crippen LogP contribution in [0.15, 0.2) is 17.0 Å². The number of sulfone groups is 1. The fourth-order valence-corrected chi connectivity index (χ4v) is 3.43. The molecule has 0 saturated carbocycles. The summed E-state index contributed by atoms with van der Waals surface area (Å²) < 4.78 is 29.9. The molecule has 0 radical (unpaired) electrons. The molecule has 21 heavy (non-hydrogen) atoms. The number of benzene rings is 1. The van der Waals surface area contributed by atoms with E-state index in [9.17, 15) is 13.2 Å². The Morgan fingerprint density at radius 2 is 1.86 bits per heavy atom. The van der Waals surface area contributed by atoms with Gasteiger partial charge in [0, 0.05) is 6.61 Å². The third kappa shape index (κ3) is 4.82. The number of rotatable bonds is 8. The van der Waals surface area contributed by atoms with Gasteiger partial charge in [0.2, 0.25) is 0 Å². The van der Waals surface area contributed by atoms with Gasteiger partial charge in [-0.05, 0) is 37.5 Å². The molecule has 5 nitrogen and oxygen atoms in total. The van der Waals surface area contributed by atoms with Crippen molar-refractivity contribution >= 4 is 15.8 Å². The molecule has 0 spiro atoms. The number of hydrogen-bond donors (Lipinski definition) is 1. The van der Waals surface area contributed by atoms with E-state index in [0.717, 1.165) is 12.8 Å². The van der Waals surface area contributed by atoms with Gasteiger partial charge in [-0.1, -0.05) is 19.4 Å². The third-order valence-corrected chi connectivity index (χ3v) is 5.04. The summed E-state index contributed by atoms with van der Waals surface area (Å²) >= 11 is 0. The van der Waals surface area contributed by atoms with Crippen LogP contribution in [0.3, 0.4) is 0 Å². The quantitative estimate of drug-likeness (QED) is 0.746. The van der Waals surface area contributed by atoms with Gasteiger partial charge >= 0.3 is 5.97 Å². The first-order valence-corrected chi connectivity index (χ1v) is 8.60. The predicted octanol–water partition coefficient (Wildman–Crippen LogP) is 2.59. The summed E-state index contributed by atoms with van der Waals surface area (Å²) in [6, 6.07) is 2.84. The van der Waals surface area contributed by atoms with Gasteiger partial charge in [-0.25, -0.2) is 13.2 Å². The van der Waals surface area contributed by atoms with E-state index in [-0.39, 0.29) is 22.8 Å². The number of carboxylic acid groups (broad SMARTS) is 1. The second kappa shape index (κ2) is 7.56. The maximum absolute atomic E-state index is 12.3. The SMILES string of the molecule is CCCCOCCS(=O)(=O)c1cc(C(=O)O)c(C)cc1C. The number of carbonyl (C=O) groups is 1. The van der Waals surface area contributed by atoms with E-state index in [1.807, 2.05) is 6.92 Å². The van der Waals surface area contributed by atoms with Crippen LogP contribution in [0.5, 0.6) is 0 Å². The lowest BCUT2D eigenvalue weighted by Gasteiger charge is -2.11. The van der Waals surface area contributed by atoms with Gasteiger partial charge in [0.25, 0.3) is 0 Å². The number of aromatic carboxylic acids is 1. The molecule has 0 unspecified atom stereocenters. The van der Waals surface area contributed by atoms with E-state index in [1.54, 1.807) is 19.9 Å². The minimum Gasteiger partial charge on any atom is -0.478 e. The minimum atomic E-state index is -3.54. The molecule has 118 valence electrons. The summed E-state index contributed by atoms with van der Waals surface area (Å²) in [5, 5.41) is 9.10. The lowest BCUT2D eigenvalue weighted by molar-refractivity contribution is 0.0696. The van der Waals surface area contributed by atoms with Crippen LogP contribution in [0.4, 0.5) is 0 Å². The van der Waals surface area contributed by atoms with E-state index >= 15 is 0 Å². The highest BCUT2D eigenvalue weighted by Gasteiger charge is 2.20. The molecule has 0 atom stereocenters.